The molecule has 6 nitrogen and oxygen atoms in total. The van der Waals surface area contributed by atoms with Gasteiger partial charge in [0.25, 0.3) is 0 Å². The molecule has 1 aromatic heterocycles. The summed E-state index contributed by atoms with van der Waals surface area (Å²) in [6.45, 7) is 2.73. The van der Waals surface area contributed by atoms with E-state index in [1.807, 2.05) is 6.92 Å². The van der Waals surface area contributed by atoms with Crippen LogP contribution < -0.4 is 0 Å². The minimum absolute atomic E-state index is 0.138. The number of sulfonamides is 1. The molecule has 0 saturated heterocycles. The van der Waals surface area contributed by atoms with Crippen LogP contribution in [0.5, 0.6) is 0 Å². The lowest BCUT2D eigenvalue weighted by Gasteiger charge is -2.23. The van der Waals surface area contributed by atoms with Gasteiger partial charge in [-0.05, 0) is 24.1 Å². The van der Waals surface area contributed by atoms with Gasteiger partial charge < -0.3 is 4.90 Å². The summed E-state index contributed by atoms with van der Waals surface area (Å²) in [7, 11) is -1.75. The Bertz CT molecular complexity index is 546. The Kier molecular flexibility index (Phi) is 6.77. The molecule has 0 aromatic carbocycles. The molecule has 0 aliphatic carbocycles. The Balaban J connectivity index is 2.74. The average molecular weight is 313 g/mol. The summed E-state index contributed by atoms with van der Waals surface area (Å²) in [5.41, 5.74) is 0.805. The first-order valence-electron chi connectivity index (χ1n) is 6.92. The van der Waals surface area contributed by atoms with Gasteiger partial charge in [0.2, 0.25) is 15.9 Å². The molecule has 0 N–H and O–H groups in total. The summed E-state index contributed by atoms with van der Waals surface area (Å²) in [4.78, 5) is 17.6. The van der Waals surface area contributed by atoms with Crippen molar-refractivity contribution in [2.75, 3.05) is 26.4 Å². The number of carbonyl (C=O) groups is 1. The van der Waals surface area contributed by atoms with Crippen LogP contribution in [0.15, 0.2) is 24.5 Å². The van der Waals surface area contributed by atoms with E-state index in [1.165, 1.54) is 4.31 Å². The Morgan fingerprint density at radius 3 is 2.43 bits per heavy atom. The first-order valence-corrected chi connectivity index (χ1v) is 8.77. The van der Waals surface area contributed by atoms with E-state index >= 15 is 0 Å². The number of amides is 1. The summed E-state index contributed by atoms with van der Waals surface area (Å²) < 4.78 is 24.9. The molecule has 0 bridgehead atoms. The highest BCUT2D eigenvalue weighted by Crippen LogP contribution is 2.08. The van der Waals surface area contributed by atoms with Gasteiger partial charge in [-0.1, -0.05) is 13.3 Å². The number of unbranched alkanes of at least 4 members (excludes halogenated alkanes) is 1. The molecule has 21 heavy (non-hydrogen) atoms. The maximum Gasteiger partial charge on any atom is 0.237 e. The third-order valence-electron chi connectivity index (χ3n) is 3.16. The number of hydrogen-bond donors (Lipinski definition) is 0. The van der Waals surface area contributed by atoms with Crippen molar-refractivity contribution in [3.05, 3.63) is 30.1 Å². The quantitative estimate of drug-likeness (QED) is 0.720. The minimum Gasteiger partial charge on any atom is -0.345 e. The Labute approximate surface area is 126 Å². The van der Waals surface area contributed by atoms with Gasteiger partial charge in [-0.15, -0.1) is 0 Å². The van der Waals surface area contributed by atoms with E-state index in [4.69, 9.17) is 0 Å². The van der Waals surface area contributed by atoms with E-state index in [9.17, 15) is 13.2 Å². The van der Waals surface area contributed by atoms with E-state index in [0.717, 1.165) is 24.7 Å². The van der Waals surface area contributed by atoms with E-state index in [2.05, 4.69) is 4.98 Å². The zero-order chi connectivity index (χ0) is 15.9. The molecule has 0 unspecified atom stereocenters. The van der Waals surface area contributed by atoms with Gasteiger partial charge in [-0.25, -0.2) is 8.42 Å². The Morgan fingerprint density at radius 2 is 1.90 bits per heavy atom. The van der Waals surface area contributed by atoms with E-state index in [1.54, 1.807) is 36.5 Å². The zero-order valence-corrected chi connectivity index (χ0v) is 13.6. The first-order chi connectivity index (χ1) is 9.84. The summed E-state index contributed by atoms with van der Waals surface area (Å²) in [6.07, 6.45) is 6.22. The summed E-state index contributed by atoms with van der Waals surface area (Å²) in [6, 6.07) is 3.48. The summed E-state index contributed by atoms with van der Waals surface area (Å²) >= 11 is 0. The van der Waals surface area contributed by atoms with Crippen molar-refractivity contribution < 1.29 is 13.2 Å². The predicted octanol–water partition coefficient (Wildman–Crippen LogP) is 1.10. The average Bonchev–Trinajstić information content (AvgIpc) is 2.44. The van der Waals surface area contributed by atoms with Crippen LogP contribution in [0.2, 0.25) is 0 Å². The normalized spacial score (nSPS) is 11.6. The van der Waals surface area contributed by atoms with Gasteiger partial charge in [0, 0.05) is 32.5 Å². The van der Waals surface area contributed by atoms with Gasteiger partial charge in [-0.3, -0.25) is 9.78 Å². The molecule has 0 fully saturated rings. The molecule has 7 heteroatoms. The van der Waals surface area contributed by atoms with Crippen LogP contribution in [0.25, 0.3) is 0 Å². The molecule has 0 spiro atoms. The fourth-order valence-electron chi connectivity index (χ4n) is 1.77. The van der Waals surface area contributed by atoms with E-state index in [-0.39, 0.29) is 19.0 Å². The third-order valence-corrected chi connectivity index (χ3v) is 4.36. The number of pyridine rings is 1. The lowest BCUT2D eigenvalue weighted by molar-refractivity contribution is -0.130. The molecule has 0 aliphatic heterocycles. The van der Waals surface area contributed by atoms with Crippen LogP contribution >= 0.6 is 0 Å². The van der Waals surface area contributed by atoms with Crippen LogP contribution in [0.4, 0.5) is 0 Å². The number of carbonyl (C=O) groups excluding carboxylic acids is 1. The number of likely N-dealkylation sites (N-methyl/N-ethyl adjacent to an activating group) is 1. The van der Waals surface area contributed by atoms with Gasteiger partial charge in [-0.2, -0.15) is 4.31 Å². The molecular weight excluding hydrogens is 290 g/mol. The second kappa shape index (κ2) is 8.09. The monoisotopic (exact) mass is 313 g/mol. The van der Waals surface area contributed by atoms with Gasteiger partial charge >= 0.3 is 0 Å². The van der Waals surface area contributed by atoms with Gasteiger partial charge in [0.1, 0.15) is 0 Å². The summed E-state index contributed by atoms with van der Waals surface area (Å²) in [5.74, 6) is -0.192. The molecule has 1 rings (SSSR count). The molecule has 1 aromatic rings. The zero-order valence-electron chi connectivity index (χ0n) is 12.8. The highest BCUT2D eigenvalue weighted by molar-refractivity contribution is 7.88. The number of nitrogens with zero attached hydrogens (tertiary/aromatic N) is 3. The van der Waals surface area contributed by atoms with Crippen molar-refractivity contribution in [2.24, 2.45) is 0 Å². The van der Waals surface area contributed by atoms with Crippen LogP contribution in [0.3, 0.4) is 0 Å². The smallest absolute Gasteiger partial charge is 0.237 e. The van der Waals surface area contributed by atoms with Crippen molar-refractivity contribution in [3.63, 3.8) is 0 Å². The Morgan fingerprint density at radius 1 is 1.29 bits per heavy atom. The minimum atomic E-state index is -3.45. The lowest BCUT2D eigenvalue weighted by atomic mass is 10.2. The van der Waals surface area contributed by atoms with Crippen molar-refractivity contribution in [2.45, 2.75) is 26.3 Å². The highest BCUT2D eigenvalue weighted by Gasteiger charge is 2.22. The second-order valence-electron chi connectivity index (χ2n) is 5.06. The number of rotatable bonds is 8. The molecule has 1 heterocycles. The highest BCUT2D eigenvalue weighted by atomic mass is 32.2. The standard InChI is InChI=1S/C14H23N3O3S/c1-4-5-10-16(2)14(18)12-17(21(3,19)20)11-13-6-8-15-9-7-13/h6-9H,4-5,10-12H2,1-3H3. The fourth-order valence-corrected chi connectivity index (χ4v) is 2.50. The van der Waals surface area contributed by atoms with Crippen molar-refractivity contribution >= 4 is 15.9 Å². The van der Waals surface area contributed by atoms with Crippen molar-refractivity contribution in [1.82, 2.24) is 14.2 Å². The van der Waals surface area contributed by atoms with Crippen molar-refractivity contribution in [1.29, 1.82) is 0 Å². The fraction of sp³-hybridized carbons (Fsp3) is 0.571. The second-order valence-corrected chi connectivity index (χ2v) is 7.04. The molecule has 0 aliphatic rings. The number of aromatic nitrogens is 1. The van der Waals surface area contributed by atoms with Gasteiger partial charge in [0.05, 0.1) is 12.8 Å². The SMILES string of the molecule is CCCCN(C)C(=O)CN(Cc1ccncc1)S(C)(=O)=O. The molecular formula is C14H23N3O3S. The van der Waals surface area contributed by atoms with Crippen LogP contribution in [0.1, 0.15) is 25.3 Å². The third kappa shape index (κ3) is 6.22. The van der Waals surface area contributed by atoms with Crippen molar-refractivity contribution in [3.8, 4) is 0 Å². The van der Waals surface area contributed by atoms with Crippen LogP contribution in [0, 0.1) is 0 Å². The molecule has 118 valence electrons. The molecule has 0 saturated carbocycles. The lowest BCUT2D eigenvalue weighted by Crippen LogP contribution is -2.41. The largest absolute Gasteiger partial charge is 0.345 e. The van der Waals surface area contributed by atoms with Crippen LogP contribution in [-0.2, 0) is 21.4 Å². The maximum absolute atomic E-state index is 12.1. The molecule has 0 radical (unpaired) electrons. The van der Waals surface area contributed by atoms with Crippen LogP contribution in [-0.4, -0.2) is 54.9 Å². The summed E-state index contributed by atoms with van der Waals surface area (Å²) in [5, 5.41) is 0. The molecule has 1 amide bonds. The van der Waals surface area contributed by atoms with Gasteiger partial charge in [0.15, 0.2) is 0 Å². The number of hydrogen-bond acceptors (Lipinski definition) is 4. The predicted molar refractivity (Wildman–Crippen MR) is 82.0 cm³/mol. The first kappa shape index (κ1) is 17.6. The van der Waals surface area contributed by atoms with E-state index in [0.29, 0.717) is 6.54 Å². The Hall–Kier alpha value is -1.47. The molecule has 0 atom stereocenters. The maximum atomic E-state index is 12.1. The topological polar surface area (TPSA) is 70.6 Å². The van der Waals surface area contributed by atoms with E-state index < -0.39 is 10.0 Å².